The lowest BCUT2D eigenvalue weighted by atomic mass is 9.74. The molecule has 0 amide bonds. The number of para-hydroxylation sites is 2. The lowest BCUT2D eigenvalue weighted by molar-refractivity contribution is 0.00578. The Morgan fingerprint density at radius 3 is 1.10 bits per heavy atom. The van der Waals surface area contributed by atoms with Crippen LogP contribution in [0.1, 0.15) is 27.7 Å². The molecule has 20 aromatic rings. The first-order chi connectivity index (χ1) is 53.9. The van der Waals surface area contributed by atoms with Crippen molar-refractivity contribution in [1.82, 2.24) is 29.9 Å². The number of halogens is 1. The Morgan fingerprint density at radius 2 is 0.600 bits per heavy atom. The topological polar surface area (TPSA) is 122 Å². The summed E-state index contributed by atoms with van der Waals surface area (Å²) in [7, 11) is -0.370. The van der Waals surface area contributed by atoms with E-state index in [9.17, 15) is 0 Å². The van der Waals surface area contributed by atoms with Gasteiger partial charge < -0.3 is 18.1 Å². The molecule has 0 bridgehead atoms. The number of nitrogens with zero attached hydrogens (tertiary/aromatic N) is 6. The van der Waals surface area contributed by atoms with E-state index in [1.807, 2.05) is 144 Å². The second-order valence-electron chi connectivity index (χ2n) is 28.2. The molecule has 1 fully saturated rings. The van der Waals surface area contributed by atoms with Crippen molar-refractivity contribution in [2.75, 3.05) is 0 Å². The smallest absolute Gasteiger partial charge is 0.455 e. The second-order valence-corrected chi connectivity index (χ2v) is 30.7. The fraction of sp³-hybridized carbons (Fsp3) is 0.0625. The normalized spacial score (nSPS) is 13.2. The molecule has 14 aromatic carbocycles. The Labute approximate surface area is 647 Å². The van der Waals surface area contributed by atoms with Gasteiger partial charge >= 0.3 is 7.12 Å². The monoisotopic (exact) mass is 1480 g/mol. The molecular weight excluding hydrogens is 1410 g/mol. The molecule has 0 saturated carbocycles. The van der Waals surface area contributed by atoms with E-state index in [0.717, 1.165) is 105 Å². The molecule has 21 rings (SSSR count). The zero-order chi connectivity index (χ0) is 74.0. The van der Waals surface area contributed by atoms with Crippen LogP contribution in [0.15, 0.2) is 336 Å². The van der Waals surface area contributed by atoms with Gasteiger partial charge in [0.1, 0.15) is 22.3 Å². The van der Waals surface area contributed by atoms with Crippen LogP contribution >= 0.6 is 34.3 Å². The van der Waals surface area contributed by atoms with Gasteiger partial charge in [-0.05, 0) is 96.8 Å². The third kappa shape index (κ3) is 12.4. The summed E-state index contributed by atoms with van der Waals surface area (Å²) in [6, 6.07) is 112. The average Bonchev–Trinajstić information content (AvgIpc) is 1.59. The van der Waals surface area contributed by atoms with E-state index in [1.165, 1.54) is 57.0 Å². The molecular formula is C96H66BClN6O4S2. The molecule has 1 aliphatic heterocycles. The van der Waals surface area contributed by atoms with E-state index in [1.54, 1.807) is 0 Å². The molecule has 7 heterocycles. The largest absolute Gasteiger partial charge is 0.495 e. The van der Waals surface area contributed by atoms with Gasteiger partial charge in [-0.1, -0.05) is 303 Å². The van der Waals surface area contributed by atoms with Crippen LogP contribution in [0.25, 0.3) is 186 Å². The Hall–Kier alpha value is -12.6. The van der Waals surface area contributed by atoms with Crippen molar-refractivity contribution < 1.29 is 18.1 Å². The highest BCUT2D eigenvalue weighted by Gasteiger charge is 2.52. The Kier molecular flexibility index (Phi) is 17.4. The standard InChI is InChI=1S/C45H27N3OS.C27H16ClN3O.C24H23BO2S/c1-3-14-28(15-4-1)30-21-11-24-36-40-37(25-13-26-38(40)49-41(30)36)45-47-43(29-16-5-2-6-17-29)46-44(48-45)35-20-8-7-18-31(35)33-22-12-23-34-32-19-9-10-27-39(32)50-42(33)34;28-27-30-25(18-11-5-2-6-12-18)29-26(31-27)21-15-8-16-22-23(21)20-14-7-13-19(24(20)32-22)17-9-3-1-4-10-17;1-23(2)24(3,4)27-25(26-23)20-14-7-5-10-16(20)18-12-9-13-19-17-11-6-8-15-21(17)28-22(18)19/h1-27H;1-16H;5-15H,1-4H3. The molecule has 0 aliphatic carbocycles. The molecule has 1 aliphatic rings. The summed E-state index contributed by atoms with van der Waals surface area (Å²) in [6.45, 7) is 8.40. The molecule has 10 nitrogen and oxygen atoms in total. The number of rotatable bonds is 10. The van der Waals surface area contributed by atoms with Crippen LogP contribution in [0.5, 0.6) is 0 Å². The van der Waals surface area contributed by atoms with Gasteiger partial charge in [-0.3, -0.25) is 0 Å². The van der Waals surface area contributed by atoms with Crippen molar-refractivity contribution in [2.24, 2.45) is 0 Å². The van der Waals surface area contributed by atoms with Crippen LogP contribution in [-0.4, -0.2) is 48.2 Å². The summed E-state index contributed by atoms with van der Waals surface area (Å²) in [5.74, 6) is 2.90. The zero-order valence-electron chi connectivity index (χ0n) is 60.3. The van der Waals surface area contributed by atoms with E-state index in [-0.39, 0.29) is 23.6 Å². The Morgan fingerprint density at radius 1 is 0.273 bits per heavy atom. The van der Waals surface area contributed by atoms with Crippen molar-refractivity contribution in [2.45, 2.75) is 38.9 Å². The number of aromatic nitrogens is 6. The molecule has 0 spiro atoms. The third-order valence-corrected chi connectivity index (χ3v) is 23.6. The molecule has 6 aromatic heterocycles. The molecule has 110 heavy (non-hydrogen) atoms. The lowest BCUT2D eigenvalue weighted by Crippen LogP contribution is -2.41. The molecule has 0 radical (unpaired) electrons. The van der Waals surface area contributed by atoms with Gasteiger partial charge in [-0.2, -0.15) is 9.97 Å². The fourth-order valence-corrected chi connectivity index (χ4v) is 17.6. The van der Waals surface area contributed by atoms with Crippen molar-refractivity contribution in [3.63, 3.8) is 0 Å². The van der Waals surface area contributed by atoms with Gasteiger partial charge in [0.05, 0.1) is 11.2 Å². The maximum absolute atomic E-state index is 6.60. The maximum atomic E-state index is 6.60. The summed E-state index contributed by atoms with van der Waals surface area (Å²) in [5, 5.41) is 9.29. The zero-order valence-corrected chi connectivity index (χ0v) is 62.7. The third-order valence-electron chi connectivity index (χ3n) is 21.0. The number of hydrogen-bond donors (Lipinski definition) is 0. The van der Waals surface area contributed by atoms with E-state index in [4.69, 9.17) is 49.7 Å². The quantitative estimate of drug-likeness (QED) is 0.122. The molecule has 0 unspecified atom stereocenters. The molecule has 0 atom stereocenters. The number of hydrogen-bond acceptors (Lipinski definition) is 12. The first-order valence-electron chi connectivity index (χ1n) is 36.6. The van der Waals surface area contributed by atoms with Crippen LogP contribution in [0.2, 0.25) is 5.28 Å². The van der Waals surface area contributed by atoms with Gasteiger partial charge in [-0.15, -0.1) is 22.7 Å². The van der Waals surface area contributed by atoms with E-state index >= 15 is 0 Å². The predicted octanol–water partition coefficient (Wildman–Crippen LogP) is 25.9. The van der Waals surface area contributed by atoms with Crippen LogP contribution in [0.3, 0.4) is 0 Å². The highest BCUT2D eigenvalue weighted by atomic mass is 35.5. The minimum Gasteiger partial charge on any atom is -0.455 e. The first kappa shape index (κ1) is 68.0. The summed E-state index contributed by atoms with van der Waals surface area (Å²) in [5.41, 5.74) is 17.1. The van der Waals surface area contributed by atoms with Crippen molar-refractivity contribution in [1.29, 1.82) is 0 Å². The molecule has 14 heteroatoms. The Bertz CT molecular complexity index is 6890. The lowest BCUT2D eigenvalue weighted by Gasteiger charge is -2.32. The first-order valence-corrected chi connectivity index (χ1v) is 38.6. The second kappa shape index (κ2) is 28.2. The van der Waals surface area contributed by atoms with E-state index < -0.39 is 0 Å². The summed E-state index contributed by atoms with van der Waals surface area (Å²) < 4.78 is 30.8. The van der Waals surface area contributed by atoms with E-state index in [2.05, 4.69) is 244 Å². The van der Waals surface area contributed by atoms with Gasteiger partial charge in [0, 0.05) is 106 Å². The van der Waals surface area contributed by atoms with Crippen LogP contribution in [-0.2, 0) is 9.31 Å². The van der Waals surface area contributed by atoms with E-state index in [0.29, 0.717) is 29.1 Å². The minimum absolute atomic E-state index is 0.156. The van der Waals surface area contributed by atoms with Gasteiger partial charge in [-0.25, -0.2) is 19.9 Å². The van der Waals surface area contributed by atoms with Gasteiger partial charge in [0.15, 0.2) is 29.1 Å². The predicted molar refractivity (Wildman–Crippen MR) is 456 cm³/mol. The highest BCUT2D eigenvalue weighted by molar-refractivity contribution is 7.26. The van der Waals surface area contributed by atoms with Crippen molar-refractivity contribution in [3.05, 3.63) is 333 Å². The number of fused-ring (bicyclic) bond motifs is 12. The fourth-order valence-electron chi connectivity index (χ4n) is 15.0. The van der Waals surface area contributed by atoms with Gasteiger partial charge in [0.25, 0.3) is 0 Å². The molecule has 1 saturated heterocycles. The van der Waals surface area contributed by atoms with Crippen LogP contribution in [0, 0.1) is 0 Å². The average molecular weight is 1480 g/mol. The van der Waals surface area contributed by atoms with Crippen LogP contribution < -0.4 is 5.46 Å². The summed E-state index contributed by atoms with van der Waals surface area (Å²) >= 11 is 9.99. The molecule has 0 N–H and O–H groups in total. The number of thiophene rings is 2. The Balaban J connectivity index is 0.000000118. The highest BCUT2D eigenvalue weighted by Crippen LogP contribution is 2.47. The number of furan rings is 2. The van der Waals surface area contributed by atoms with Crippen molar-refractivity contribution in [3.8, 4) is 101 Å². The van der Waals surface area contributed by atoms with Crippen LogP contribution in [0.4, 0.5) is 0 Å². The SMILES string of the molecule is CC1(C)OB(c2ccccc2-c2cccc3c2sc2ccccc23)OC1(C)C.Clc1nc(-c2ccccc2)nc(-c2cccc3oc4c(-c5ccccc5)cccc4c23)n1.c1ccc(-c2nc(-c3ccccc3-c3cccc4c3sc3ccccc34)nc(-c3cccc4oc5c(-c6ccccc6)cccc5c34)n2)cc1. The van der Waals surface area contributed by atoms with Crippen molar-refractivity contribution >= 4 is 131 Å². The maximum Gasteiger partial charge on any atom is 0.495 e. The summed E-state index contributed by atoms with van der Waals surface area (Å²) in [6.07, 6.45) is 0. The van der Waals surface area contributed by atoms with Gasteiger partial charge in [0.2, 0.25) is 5.28 Å². The molecule has 526 valence electrons. The minimum atomic E-state index is -0.370. The number of benzene rings is 14. The summed E-state index contributed by atoms with van der Waals surface area (Å²) in [4.78, 5) is 29.1.